The number of benzene rings is 1. The lowest BCUT2D eigenvalue weighted by molar-refractivity contribution is 0.292. The van der Waals surface area contributed by atoms with Crippen LogP contribution in [-0.4, -0.2) is 15.8 Å². The summed E-state index contributed by atoms with van der Waals surface area (Å²) in [6, 6.07) is 4.67. The molecule has 0 fully saturated rings. The molecule has 0 aliphatic heterocycles. The molecule has 0 spiro atoms. The molecule has 0 aliphatic rings. The van der Waals surface area contributed by atoms with Crippen LogP contribution in [0.5, 0.6) is 5.75 Å². The molecular weight excluding hydrogens is 337 g/mol. The van der Waals surface area contributed by atoms with E-state index in [1.54, 1.807) is 4.68 Å². The van der Waals surface area contributed by atoms with E-state index in [9.17, 15) is 4.39 Å². The van der Waals surface area contributed by atoms with Gasteiger partial charge in [0.15, 0.2) is 0 Å². The first-order chi connectivity index (χ1) is 9.86. The van der Waals surface area contributed by atoms with E-state index >= 15 is 0 Å². The van der Waals surface area contributed by atoms with Gasteiger partial charge in [0.25, 0.3) is 0 Å². The van der Waals surface area contributed by atoms with E-state index in [4.69, 9.17) is 10.5 Å². The summed E-state index contributed by atoms with van der Waals surface area (Å²) in [5.41, 5.74) is 8.39. The van der Waals surface area contributed by atoms with Crippen molar-refractivity contribution in [1.82, 2.24) is 9.78 Å². The van der Waals surface area contributed by atoms with Crippen molar-refractivity contribution in [3.8, 4) is 5.75 Å². The Labute approximate surface area is 132 Å². The van der Waals surface area contributed by atoms with E-state index in [1.165, 1.54) is 12.1 Å². The van der Waals surface area contributed by atoms with Gasteiger partial charge in [-0.3, -0.25) is 4.68 Å². The lowest BCUT2D eigenvalue weighted by Gasteiger charge is -2.10. The standard InChI is InChI=1S/C15H19BrFN3O/c1-9(18)4-11-5-12(17)7-13(6-11)21-8-14-15(16)10(2)19-20(14)3/h5-7,9H,4,8,18H2,1-3H3. The number of aromatic nitrogens is 2. The topological polar surface area (TPSA) is 53.1 Å². The van der Waals surface area contributed by atoms with E-state index < -0.39 is 0 Å². The Hall–Kier alpha value is -1.40. The number of ether oxygens (including phenoxy) is 1. The molecule has 114 valence electrons. The van der Waals surface area contributed by atoms with Crippen LogP contribution < -0.4 is 10.5 Å². The molecule has 4 nitrogen and oxygen atoms in total. The molecular formula is C15H19BrFN3O. The molecule has 0 bridgehead atoms. The van der Waals surface area contributed by atoms with Crippen LogP contribution in [-0.2, 0) is 20.1 Å². The van der Waals surface area contributed by atoms with Crippen LogP contribution in [0.3, 0.4) is 0 Å². The smallest absolute Gasteiger partial charge is 0.131 e. The van der Waals surface area contributed by atoms with Gasteiger partial charge in [0, 0.05) is 19.2 Å². The highest BCUT2D eigenvalue weighted by Gasteiger charge is 2.12. The number of nitrogens with two attached hydrogens (primary N) is 1. The third kappa shape index (κ3) is 4.04. The summed E-state index contributed by atoms with van der Waals surface area (Å²) in [5.74, 6) is 0.180. The summed E-state index contributed by atoms with van der Waals surface area (Å²) in [7, 11) is 1.85. The van der Waals surface area contributed by atoms with Crippen molar-refractivity contribution in [3.05, 3.63) is 45.4 Å². The summed E-state index contributed by atoms with van der Waals surface area (Å²) in [5, 5.41) is 4.30. The molecule has 6 heteroatoms. The zero-order chi connectivity index (χ0) is 15.6. The first-order valence-electron chi connectivity index (χ1n) is 6.72. The Kier molecular flexibility index (Phi) is 5.00. The van der Waals surface area contributed by atoms with Gasteiger partial charge in [-0.2, -0.15) is 5.10 Å². The quantitative estimate of drug-likeness (QED) is 0.896. The third-order valence-corrected chi connectivity index (χ3v) is 4.16. The Morgan fingerprint density at radius 2 is 2.14 bits per heavy atom. The van der Waals surface area contributed by atoms with Gasteiger partial charge in [0.1, 0.15) is 18.2 Å². The number of aryl methyl sites for hydroxylation is 2. The Morgan fingerprint density at radius 1 is 1.43 bits per heavy atom. The Bertz CT molecular complexity index is 640. The van der Waals surface area contributed by atoms with Gasteiger partial charge in [-0.1, -0.05) is 0 Å². The van der Waals surface area contributed by atoms with Gasteiger partial charge in [0.05, 0.1) is 15.9 Å². The van der Waals surface area contributed by atoms with Crippen molar-refractivity contribution in [1.29, 1.82) is 0 Å². The number of nitrogens with zero attached hydrogens (tertiary/aromatic N) is 2. The first-order valence-corrected chi connectivity index (χ1v) is 7.52. The van der Waals surface area contributed by atoms with Crippen molar-refractivity contribution in [2.75, 3.05) is 0 Å². The minimum atomic E-state index is -0.316. The Morgan fingerprint density at radius 3 is 2.71 bits per heavy atom. The van der Waals surface area contributed by atoms with E-state index in [1.807, 2.05) is 27.0 Å². The van der Waals surface area contributed by atoms with Gasteiger partial charge in [-0.15, -0.1) is 0 Å². The normalized spacial score (nSPS) is 12.5. The summed E-state index contributed by atoms with van der Waals surface area (Å²) in [4.78, 5) is 0. The molecule has 21 heavy (non-hydrogen) atoms. The number of hydrogen-bond donors (Lipinski definition) is 1. The summed E-state index contributed by atoms with van der Waals surface area (Å²) in [6.45, 7) is 4.12. The van der Waals surface area contributed by atoms with Gasteiger partial charge >= 0.3 is 0 Å². The molecule has 0 aliphatic carbocycles. The second-order valence-electron chi connectivity index (χ2n) is 5.23. The summed E-state index contributed by atoms with van der Waals surface area (Å²) < 4.78 is 22.0. The molecule has 0 saturated heterocycles. The molecule has 2 rings (SSSR count). The Balaban J connectivity index is 2.14. The van der Waals surface area contributed by atoms with E-state index in [-0.39, 0.29) is 11.9 Å². The van der Waals surface area contributed by atoms with Crippen LogP contribution in [0.15, 0.2) is 22.7 Å². The van der Waals surface area contributed by atoms with Crippen LogP contribution in [0.2, 0.25) is 0 Å². The van der Waals surface area contributed by atoms with Crippen molar-refractivity contribution < 1.29 is 9.13 Å². The zero-order valence-corrected chi connectivity index (χ0v) is 13.9. The molecule has 0 amide bonds. The SMILES string of the molecule is Cc1nn(C)c(COc2cc(F)cc(CC(C)N)c2)c1Br. The molecule has 2 N–H and O–H groups in total. The van der Waals surface area contributed by atoms with Gasteiger partial charge in [-0.05, 0) is 53.9 Å². The van der Waals surface area contributed by atoms with E-state index in [2.05, 4.69) is 21.0 Å². The molecule has 1 heterocycles. The molecule has 1 unspecified atom stereocenters. The average molecular weight is 356 g/mol. The predicted octanol–water partition coefficient (Wildman–Crippen LogP) is 3.10. The van der Waals surface area contributed by atoms with Gasteiger partial charge in [-0.25, -0.2) is 4.39 Å². The third-order valence-electron chi connectivity index (χ3n) is 3.13. The first kappa shape index (κ1) is 16.0. The van der Waals surface area contributed by atoms with Crippen molar-refractivity contribution in [2.45, 2.75) is 32.9 Å². The molecule has 1 aromatic carbocycles. The lowest BCUT2D eigenvalue weighted by Crippen LogP contribution is -2.17. The maximum Gasteiger partial charge on any atom is 0.131 e. The fourth-order valence-electron chi connectivity index (χ4n) is 2.18. The van der Waals surface area contributed by atoms with Crippen molar-refractivity contribution in [3.63, 3.8) is 0 Å². The summed E-state index contributed by atoms with van der Waals surface area (Å²) >= 11 is 3.48. The largest absolute Gasteiger partial charge is 0.487 e. The predicted molar refractivity (Wildman–Crippen MR) is 83.7 cm³/mol. The fraction of sp³-hybridized carbons (Fsp3) is 0.400. The molecule has 1 atom stereocenters. The minimum absolute atomic E-state index is 0.0199. The average Bonchev–Trinajstić information content (AvgIpc) is 2.59. The molecule has 2 aromatic rings. The second-order valence-corrected chi connectivity index (χ2v) is 6.03. The van der Waals surface area contributed by atoms with Crippen LogP contribution >= 0.6 is 15.9 Å². The molecule has 1 aromatic heterocycles. The minimum Gasteiger partial charge on any atom is -0.487 e. The van der Waals surface area contributed by atoms with Crippen LogP contribution in [0.4, 0.5) is 4.39 Å². The molecule has 0 saturated carbocycles. The maximum absolute atomic E-state index is 13.6. The highest BCUT2D eigenvalue weighted by molar-refractivity contribution is 9.10. The van der Waals surface area contributed by atoms with Gasteiger partial charge < -0.3 is 10.5 Å². The highest BCUT2D eigenvalue weighted by atomic mass is 79.9. The highest BCUT2D eigenvalue weighted by Crippen LogP contribution is 2.23. The lowest BCUT2D eigenvalue weighted by atomic mass is 10.1. The zero-order valence-electron chi connectivity index (χ0n) is 12.4. The number of halogens is 2. The van der Waals surface area contributed by atoms with Crippen LogP contribution in [0.25, 0.3) is 0 Å². The number of hydrogen-bond acceptors (Lipinski definition) is 3. The monoisotopic (exact) mass is 355 g/mol. The van der Waals surface area contributed by atoms with Crippen LogP contribution in [0, 0.1) is 12.7 Å². The van der Waals surface area contributed by atoms with Crippen molar-refractivity contribution >= 4 is 15.9 Å². The summed E-state index contributed by atoms with van der Waals surface area (Å²) in [6.07, 6.45) is 0.614. The van der Waals surface area contributed by atoms with Crippen LogP contribution in [0.1, 0.15) is 23.9 Å². The van der Waals surface area contributed by atoms with Crippen molar-refractivity contribution in [2.24, 2.45) is 12.8 Å². The maximum atomic E-state index is 13.6. The second kappa shape index (κ2) is 6.58. The van der Waals surface area contributed by atoms with Gasteiger partial charge in [0.2, 0.25) is 0 Å². The van der Waals surface area contributed by atoms with E-state index in [0.717, 1.165) is 21.4 Å². The molecule has 0 radical (unpaired) electrons. The van der Waals surface area contributed by atoms with E-state index in [0.29, 0.717) is 18.8 Å². The number of rotatable bonds is 5. The fourth-order valence-corrected chi connectivity index (χ4v) is 2.63.